The van der Waals surface area contributed by atoms with Gasteiger partial charge in [-0.1, -0.05) is 0 Å². The molecule has 1 saturated heterocycles. The zero-order valence-corrected chi connectivity index (χ0v) is 14.7. The molecule has 2 aromatic rings. The normalized spacial score (nSPS) is 21.2. The van der Waals surface area contributed by atoms with Gasteiger partial charge in [-0.25, -0.2) is 4.98 Å². The lowest BCUT2D eigenvalue weighted by Crippen LogP contribution is -2.39. The number of aryl methyl sites for hydroxylation is 1. The molecule has 0 bridgehead atoms. The molecular weight excluding hydrogens is 314 g/mol. The van der Waals surface area contributed by atoms with Crippen LogP contribution in [0.15, 0.2) is 36.9 Å². The molecule has 1 N–H and O–H groups in total. The molecule has 6 heteroatoms. The van der Waals surface area contributed by atoms with Crippen LogP contribution in [0.5, 0.6) is 0 Å². The van der Waals surface area contributed by atoms with E-state index in [2.05, 4.69) is 26.8 Å². The third kappa shape index (κ3) is 3.06. The highest BCUT2D eigenvalue weighted by molar-refractivity contribution is 5.94. The molecular formula is C19H25N5O. The van der Waals surface area contributed by atoms with Crippen LogP contribution in [0.3, 0.4) is 0 Å². The third-order valence-corrected chi connectivity index (χ3v) is 5.75. The van der Waals surface area contributed by atoms with Crippen LogP contribution in [0, 0.1) is 5.41 Å². The highest BCUT2D eigenvalue weighted by Crippen LogP contribution is 2.56. The Morgan fingerprint density at radius 3 is 2.96 bits per heavy atom. The van der Waals surface area contributed by atoms with E-state index in [1.54, 1.807) is 12.4 Å². The summed E-state index contributed by atoms with van der Waals surface area (Å²) < 4.78 is 2.11. The second-order valence-corrected chi connectivity index (χ2v) is 7.14. The smallest absolute Gasteiger partial charge is 0.256 e. The van der Waals surface area contributed by atoms with Crippen LogP contribution in [0.25, 0.3) is 0 Å². The van der Waals surface area contributed by atoms with Crippen LogP contribution in [0.4, 0.5) is 0 Å². The number of nitrogens with one attached hydrogen (secondary N) is 1. The van der Waals surface area contributed by atoms with Gasteiger partial charge in [0.25, 0.3) is 5.91 Å². The summed E-state index contributed by atoms with van der Waals surface area (Å²) in [5.74, 6) is 1.02. The van der Waals surface area contributed by atoms with Crippen molar-refractivity contribution in [3.8, 4) is 0 Å². The molecule has 0 unspecified atom stereocenters. The Morgan fingerprint density at radius 2 is 2.24 bits per heavy atom. The fourth-order valence-corrected chi connectivity index (χ4v) is 4.14. The number of carbonyl (C=O) groups excluding carboxylic acids is 1. The fraction of sp³-hybridized carbons (Fsp3) is 0.526. The van der Waals surface area contributed by atoms with E-state index in [4.69, 9.17) is 0 Å². The summed E-state index contributed by atoms with van der Waals surface area (Å²) in [6.07, 6.45) is 10.6. The number of aromatic nitrogens is 3. The van der Waals surface area contributed by atoms with Crippen LogP contribution in [-0.4, -0.2) is 44.5 Å². The molecule has 0 aromatic carbocycles. The second kappa shape index (κ2) is 6.59. The van der Waals surface area contributed by atoms with Crippen LogP contribution in [0.2, 0.25) is 0 Å². The van der Waals surface area contributed by atoms with Crippen molar-refractivity contribution in [3.63, 3.8) is 0 Å². The van der Waals surface area contributed by atoms with Gasteiger partial charge in [0.05, 0.1) is 12.1 Å². The summed E-state index contributed by atoms with van der Waals surface area (Å²) in [5.41, 5.74) is 0.959. The van der Waals surface area contributed by atoms with Gasteiger partial charge >= 0.3 is 0 Å². The van der Waals surface area contributed by atoms with E-state index in [-0.39, 0.29) is 5.91 Å². The lowest BCUT2D eigenvalue weighted by atomic mass is 9.93. The minimum atomic E-state index is 0.0687. The minimum absolute atomic E-state index is 0.0687. The number of piperidine rings is 1. The number of amides is 1. The predicted molar refractivity (Wildman–Crippen MR) is 95.0 cm³/mol. The van der Waals surface area contributed by atoms with Gasteiger partial charge in [0.15, 0.2) is 0 Å². The zero-order chi connectivity index (χ0) is 17.3. The number of pyridine rings is 1. The number of carbonyl (C=O) groups is 1. The standard InChI is InChI=1S/C19H25N5O/c1-2-23-11-10-22-17(23)14-24(18(25)15-4-3-7-21-13-15)16-12-19(16)5-8-20-9-6-19/h3-4,7,10-11,13,16,20H,2,5-6,8-9,12,14H2,1H3/t16-/m0/s1. The van der Waals surface area contributed by atoms with E-state index in [0.29, 0.717) is 23.6 Å². The lowest BCUT2D eigenvalue weighted by molar-refractivity contribution is 0.0684. The Labute approximate surface area is 148 Å². The predicted octanol–water partition coefficient (Wildman–Crippen LogP) is 2.08. The highest BCUT2D eigenvalue weighted by Gasteiger charge is 2.57. The molecule has 1 aliphatic heterocycles. The summed E-state index contributed by atoms with van der Waals surface area (Å²) in [6, 6.07) is 3.99. The maximum Gasteiger partial charge on any atom is 0.256 e. The largest absolute Gasteiger partial charge is 0.334 e. The topological polar surface area (TPSA) is 63.1 Å². The van der Waals surface area contributed by atoms with Gasteiger partial charge < -0.3 is 14.8 Å². The van der Waals surface area contributed by atoms with Crippen LogP contribution in [-0.2, 0) is 13.1 Å². The molecule has 1 atom stereocenters. The summed E-state index contributed by atoms with van der Waals surface area (Å²) >= 11 is 0. The van der Waals surface area contributed by atoms with E-state index >= 15 is 0 Å². The van der Waals surface area contributed by atoms with Crippen LogP contribution >= 0.6 is 0 Å². The summed E-state index contributed by atoms with van der Waals surface area (Å²) in [5, 5.41) is 3.43. The molecule has 4 rings (SSSR count). The van der Waals surface area contributed by atoms with E-state index in [0.717, 1.165) is 44.7 Å². The van der Waals surface area contributed by atoms with Crippen molar-refractivity contribution in [1.82, 2.24) is 24.8 Å². The first-order chi connectivity index (χ1) is 12.2. The monoisotopic (exact) mass is 339 g/mol. The molecule has 1 spiro atoms. The zero-order valence-electron chi connectivity index (χ0n) is 14.7. The van der Waals surface area contributed by atoms with Crippen molar-refractivity contribution in [2.75, 3.05) is 13.1 Å². The van der Waals surface area contributed by atoms with Crippen molar-refractivity contribution in [2.45, 2.75) is 45.3 Å². The number of imidazole rings is 1. The van der Waals surface area contributed by atoms with Crippen LogP contribution < -0.4 is 5.32 Å². The van der Waals surface area contributed by atoms with Gasteiger partial charge in [0.2, 0.25) is 0 Å². The molecule has 2 fully saturated rings. The summed E-state index contributed by atoms with van der Waals surface area (Å²) in [7, 11) is 0. The Hall–Kier alpha value is -2.21. The molecule has 25 heavy (non-hydrogen) atoms. The fourth-order valence-electron chi connectivity index (χ4n) is 4.14. The average molecular weight is 339 g/mol. The highest BCUT2D eigenvalue weighted by atomic mass is 16.2. The first kappa shape index (κ1) is 16.3. The molecule has 132 valence electrons. The van der Waals surface area contributed by atoms with Crippen LogP contribution in [0.1, 0.15) is 42.4 Å². The van der Waals surface area contributed by atoms with E-state index in [9.17, 15) is 4.79 Å². The molecule has 2 aromatic heterocycles. The van der Waals surface area contributed by atoms with Crippen molar-refractivity contribution in [3.05, 3.63) is 48.3 Å². The van der Waals surface area contributed by atoms with Gasteiger partial charge in [-0.15, -0.1) is 0 Å². The van der Waals surface area contributed by atoms with E-state index in [1.807, 2.05) is 29.4 Å². The number of hydrogen-bond donors (Lipinski definition) is 1. The first-order valence-corrected chi connectivity index (χ1v) is 9.15. The van der Waals surface area contributed by atoms with Crippen molar-refractivity contribution in [1.29, 1.82) is 0 Å². The molecule has 0 radical (unpaired) electrons. The molecule has 1 amide bonds. The second-order valence-electron chi connectivity index (χ2n) is 7.14. The Balaban J connectivity index is 1.61. The lowest BCUT2D eigenvalue weighted by Gasteiger charge is -2.29. The summed E-state index contributed by atoms with van der Waals surface area (Å²) in [4.78, 5) is 23.9. The number of hydrogen-bond acceptors (Lipinski definition) is 4. The molecule has 1 saturated carbocycles. The van der Waals surface area contributed by atoms with Crippen molar-refractivity contribution >= 4 is 5.91 Å². The molecule has 1 aliphatic carbocycles. The summed E-state index contributed by atoms with van der Waals surface area (Å²) in [6.45, 7) is 5.63. The maximum atomic E-state index is 13.2. The van der Waals surface area contributed by atoms with Gasteiger partial charge in [-0.2, -0.15) is 0 Å². The first-order valence-electron chi connectivity index (χ1n) is 9.15. The van der Waals surface area contributed by atoms with Gasteiger partial charge in [0.1, 0.15) is 5.82 Å². The Kier molecular flexibility index (Phi) is 4.29. The molecule has 2 aliphatic rings. The Bertz CT molecular complexity index is 735. The van der Waals surface area contributed by atoms with Gasteiger partial charge in [-0.05, 0) is 56.8 Å². The van der Waals surface area contributed by atoms with Gasteiger partial charge in [0, 0.05) is 37.4 Å². The van der Waals surface area contributed by atoms with Crippen molar-refractivity contribution in [2.24, 2.45) is 5.41 Å². The molecule has 3 heterocycles. The number of nitrogens with zero attached hydrogens (tertiary/aromatic N) is 4. The quantitative estimate of drug-likeness (QED) is 0.906. The maximum absolute atomic E-state index is 13.2. The minimum Gasteiger partial charge on any atom is -0.334 e. The average Bonchev–Trinajstić information content (AvgIpc) is 3.14. The van der Waals surface area contributed by atoms with E-state index in [1.165, 1.54) is 0 Å². The Morgan fingerprint density at radius 1 is 1.40 bits per heavy atom. The molecule has 6 nitrogen and oxygen atoms in total. The third-order valence-electron chi connectivity index (χ3n) is 5.75. The van der Waals surface area contributed by atoms with Gasteiger partial charge in [-0.3, -0.25) is 9.78 Å². The SMILES string of the molecule is CCn1ccnc1CN(C(=O)c1cccnc1)[C@H]1CC12CCNCC2. The van der Waals surface area contributed by atoms with E-state index < -0.39 is 0 Å². The van der Waals surface area contributed by atoms with Crippen molar-refractivity contribution < 1.29 is 4.79 Å². The number of rotatable bonds is 5.